The highest BCUT2D eigenvalue weighted by Crippen LogP contribution is 2.30. The highest BCUT2D eigenvalue weighted by atomic mass is 19.1. The van der Waals surface area contributed by atoms with E-state index in [1.165, 1.54) is 36.4 Å². The first-order chi connectivity index (χ1) is 13.5. The van der Waals surface area contributed by atoms with Gasteiger partial charge in [-0.25, -0.2) is 9.18 Å². The van der Waals surface area contributed by atoms with E-state index in [1.54, 1.807) is 6.07 Å². The summed E-state index contributed by atoms with van der Waals surface area (Å²) in [6.07, 6.45) is 0. The third-order valence-corrected chi connectivity index (χ3v) is 4.16. The molecule has 0 aromatic heterocycles. The average Bonchev–Trinajstić information content (AvgIpc) is 2.72. The van der Waals surface area contributed by atoms with Crippen LogP contribution in [-0.2, 0) is 9.47 Å². The van der Waals surface area contributed by atoms with E-state index in [9.17, 15) is 19.3 Å². The molecule has 1 heterocycles. The summed E-state index contributed by atoms with van der Waals surface area (Å²) >= 11 is 0. The molecule has 1 aliphatic heterocycles. The predicted octanol–water partition coefficient (Wildman–Crippen LogP) is 2.81. The van der Waals surface area contributed by atoms with Crippen molar-refractivity contribution in [3.05, 3.63) is 64.0 Å². The molecule has 0 aliphatic carbocycles. The number of ether oxygens (including phenoxy) is 3. The van der Waals surface area contributed by atoms with E-state index in [1.807, 2.05) is 4.90 Å². The molecule has 8 nitrogen and oxygen atoms in total. The van der Waals surface area contributed by atoms with E-state index in [0.717, 1.165) is 0 Å². The molecule has 28 heavy (non-hydrogen) atoms. The molecule has 0 spiro atoms. The van der Waals surface area contributed by atoms with Crippen molar-refractivity contribution in [3.8, 4) is 5.75 Å². The number of morpholine rings is 1. The Balaban J connectivity index is 1.59. The molecule has 148 valence electrons. The van der Waals surface area contributed by atoms with Crippen LogP contribution in [0.1, 0.15) is 10.4 Å². The number of carbonyl (C=O) groups excluding carboxylic acids is 1. The third-order valence-electron chi connectivity index (χ3n) is 4.16. The molecule has 3 rings (SSSR count). The second-order valence-corrected chi connectivity index (χ2v) is 6.00. The smallest absolute Gasteiger partial charge is 0.338 e. The van der Waals surface area contributed by atoms with Gasteiger partial charge in [-0.1, -0.05) is 0 Å². The highest BCUT2D eigenvalue weighted by Gasteiger charge is 2.23. The topological polar surface area (TPSA) is 91.1 Å². The maximum Gasteiger partial charge on any atom is 0.338 e. The van der Waals surface area contributed by atoms with Crippen LogP contribution in [0.25, 0.3) is 0 Å². The molecule has 2 aromatic rings. The average molecular weight is 390 g/mol. The fraction of sp³-hybridized carbons (Fsp3) is 0.316. The van der Waals surface area contributed by atoms with Gasteiger partial charge >= 0.3 is 5.97 Å². The van der Waals surface area contributed by atoms with Crippen LogP contribution in [0.2, 0.25) is 0 Å². The van der Waals surface area contributed by atoms with Crippen molar-refractivity contribution in [3.63, 3.8) is 0 Å². The summed E-state index contributed by atoms with van der Waals surface area (Å²) in [5, 5.41) is 11.4. The Morgan fingerprint density at radius 1 is 1.14 bits per heavy atom. The summed E-state index contributed by atoms with van der Waals surface area (Å²) < 4.78 is 28.5. The van der Waals surface area contributed by atoms with Crippen molar-refractivity contribution in [2.75, 3.05) is 44.4 Å². The molecule has 0 amide bonds. The highest BCUT2D eigenvalue weighted by molar-refractivity contribution is 5.91. The molecular weight excluding hydrogens is 371 g/mol. The number of benzene rings is 2. The summed E-state index contributed by atoms with van der Waals surface area (Å²) in [7, 11) is 0. The number of nitrogens with zero attached hydrogens (tertiary/aromatic N) is 2. The minimum absolute atomic E-state index is 0.0464. The maximum absolute atomic E-state index is 12.8. The van der Waals surface area contributed by atoms with E-state index in [2.05, 4.69) is 0 Å². The van der Waals surface area contributed by atoms with Gasteiger partial charge in [0.25, 0.3) is 5.69 Å². The van der Waals surface area contributed by atoms with E-state index >= 15 is 0 Å². The summed E-state index contributed by atoms with van der Waals surface area (Å²) in [4.78, 5) is 24.9. The zero-order chi connectivity index (χ0) is 19.9. The summed E-state index contributed by atoms with van der Waals surface area (Å²) in [6.45, 7) is 2.11. The van der Waals surface area contributed by atoms with E-state index in [-0.39, 0.29) is 30.3 Å². The van der Waals surface area contributed by atoms with Crippen LogP contribution in [0.15, 0.2) is 42.5 Å². The number of carbonyl (C=O) groups is 1. The number of nitro groups is 1. The van der Waals surface area contributed by atoms with Crippen LogP contribution >= 0.6 is 0 Å². The Hall–Kier alpha value is -3.20. The Kier molecular flexibility index (Phi) is 6.38. The number of hydrogen-bond acceptors (Lipinski definition) is 7. The molecule has 0 bridgehead atoms. The number of esters is 1. The Morgan fingerprint density at radius 2 is 1.86 bits per heavy atom. The van der Waals surface area contributed by atoms with Gasteiger partial charge < -0.3 is 19.1 Å². The molecule has 0 atom stereocenters. The van der Waals surface area contributed by atoms with Crippen molar-refractivity contribution >= 4 is 17.3 Å². The second-order valence-electron chi connectivity index (χ2n) is 6.00. The second kappa shape index (κ2) is 9.14. The van der Waals surface area contributed by atoms with Gasteiger partial charge in [-0.05, 0) is 36.4 Å². The first-order valence-corrected chi connectivity index (χ1v) is 8.71. The fourth-order valence-corrected chi connectivity index (χ4v) is 2.78. The molecule has 0 unspecified atom stereocenters. The lowest BCUT2D eigenvalue weighted by Crippen LogP contribution is -2.36. The normalized spacial score (nSPS) is 13.8. The van der Waals surface area contributed by atoms with Gasteiger partial charge in [0.2, 0.25) is 0 Å². The van der Waals surface area contributed by atoms with Crippen LogP contribution in [0.3, 0.4) is 0 Å². The van der Waals surface area contributed by atoms with Crippen molar-refractivity contribution < 1.29 is 28.3 Å². The lowest BCUT2D eigenvalue weighted by atomic mass is 10.1. The maximum atomic E-state index is 12.8. The van der Waals surface area contributed by atoms with Crippen molar-refractivity contribution in [2.24, 2.45) is 0 Å². The number of nitro benzene ring substituents is 1. The predicted molar refractivity (Wildman–Crippen MR) is 98.3 cm³/mol. The molecule has 1 aliphatic rings. The van der Waals surface area contributed by atoms with Crippen LogP contribution in [0, 0.1) is 15.9 Å². The van der Waals surface area contributed by atoms with Gasteiger partial charge in [-0.2, -0.15) is 0 Å². The fourth-order valence-electron chi connectivity index (χ4n) is 2.78. The molecule has 2 aromatic carbocycles. The number of halogens is 1. The number of anilines is 1. The van der Waals surface area contributed by atoms with Gasteiger partial charge in [-0.15, -0.1) is 0 Å². The standard InChI is InChI=1S/C19H19FN2O6/c20-15-2-4-16(5-3-15)27-11-12-28-19(23)14-1-6-17(18(13-14)22(24)25)21-7-9-26-10-8-21/h1-6,13H,7-12H2. The minimum atomic E-state index is -0.681. The van der Waals surface area contributed by atoms with Crippen molar-refractivity contribution in [1.82, 2.24) is 0 Å². The van der Waals surface area contributed by atoms with Crippen molar-refractivity contribution in [2.45, 2.75) is 0 Å². The van der Waals surface area contributed by atoms with Crippen LogP contribution in [0.4, 0.5) is 15.8 Å². The van der Waals surface area contributed by atoms with Gasteiger partial charge in [0.15, 0.2) is 0 Å². The van der Waals surface area contributed by atoms with Gasteiger partial charge in [-0.3, -0.25) is 10.1 Å². The first-order valence-electron chi connectivity index (χ1n) is 8.71. The molecular formula is C19H19FN2O6. The SMILES string of the molecule is O=C(OCCOc1ccc(F)cc1)c1ccc(N2CCOCC2)c([N+](=O)[O-])c1. The molecule has 0 radical (unpaired) electrons. The number of rotatable bonds is 7. The lowest BCUT2D eigenvalue weighted by Gasteiger charge is -2.28. The zero-order valence-electron chi connectivity index (χ0n) is 15.0. The molecule has 1 saturated heterocycles. The van der Waals surface area contributed by atoms with Crippen molar-refractivity contribution in [1.29, 1.82) is 0 Å². The number of hydrogen-bond donors (Lipinski definition) is 0. The quantitative estimate of drug-likeness (QED) is 0.311. The lowest BCUT2D eigenvalue weighted by molar-refractivity contribution is -0.384. The van der Waals surface area contributed by atoms with Crippen LogP contribution < -0.4 is 9.64 Å². The summed E-state index contributed by atoms with van der Waals surface area (Å²) in [6, 6.07) is 9.71. The van der Waals surface area contributed by atoms with Crippen LogP contribution in [-0.4, -0.2) is 50.4 Å². The van der Waals surface area contributed by atoms with Gasteiger partial charge in [0.1, 0.15) is 30.5 Å². The van der Waals surface area contributed by atoms with E-state index in [4.69, 9.17) is 14.2 Å². The third kappa shape index (κ3) is 4.95. The monoisotopic (exact) mass is 390 g/mol. The largest absolute Gasteiger partial charge is 0.490 e. The Bertz CT molecular complexity index is 837. The summed E-state index contributed by atoms with van der Waals surface area (Å²) in [5.41, 5.74) is 0.383. The van der Waals surface area contributed by atoms with Crippen LogP contribution in [0.5, 0.6) is 5.75 Å². The van der Waals surface area contributed by atoms with E-state index < -0.39 is 10.9 Å². The molecule has 9 heteroatoms. The summed E-state index contributed by atoms with van der Waals surface area (Å²) in [5.74, 6) is -0.608. The molecule has 0 N–H and O–H groups in total. The van der Waals surface area contributed by atoms with Gasteiger partial charge in [0, 0.05) is 19.2 Å². The van der Waals surface area contributed by atoms with Gasteiger partial charge in [0.05, 0.1) is 23.7 Å². The molecule has 0 saturated carbocycles. The Morgan fingerprint density at radius 3 is 2.54 bits per heavy atom. The Labute approximate surface area is 160 Å². The van der Waals surface area contributed by atoms with E-state index in [0.29, 0.717) is 37.7 Å². The first kappa shape index (κ1) is 19.6. The zero-order valence-corrected chi connectivity index (χ0v) is 15.0. The molecule has 1 fully saturated rings. The minimum Gasteiger partial charge on any atom is -0.490 e.